The summed E-state index contributed by atoms with van der Waals surface area (Å²) in [7, 11) is 1.78. The molecule has 0 aromatic heterocycles. The summed E-state index contributed by atoms with van der Waals surface area (Å²) in [5.74, 6) is 3.05. The van der Waals surface area contributed by atoms with Gasteiger partial charge in [-0.05, 0) is 104 Å². The summed E-state index contributed by atoms with van der Waals surface area (Å²) < 4.78 is 10.6. The van der Waals surface area contributed by atoms with E-state index in [4.69, 9.17) is 9.47 Å². The molecule has 4 rings (SSSR count). The molecule has 4 heteroatoms. The number of hydrogen-bond acceptors (Lipinski definition) is 3. The van der Waals surface area contributed by atoms with Crippen LogP contribution >= 0.6 is 0 Å². The van der Waals surface area contributed by atoms with Crippen molar-refractivity contribution < 1.29 is 14.3 Å². The minimum atomic E-state index is -0.418. The Morgan fingerprint density at radius 2 is 2.00 bits per heavy atom. The van der Waals surface area contributed by atoms with Crippen LogP contribution in [-0.2, 0) is 9.47 Å². The first-order valence-electron chi connectivity index (χ1n) is 12.2. The lowest BCUT2D eigenvalue weighted by atomic mass is 9.49. The van der Waals surface area contributed by atoms with Crippen LogP contribution in [0.4, 0.5) is 10.5 Å². The Morgan fingerprint density at radius 3 is 2.75 bits per heavy atom. The predicted molar refractivity (Wildman–Crippen MR) is 130 cm³/mol. The van der Waals surface area contributed by atoms with Crippen molar-refractivity contribution in [1.82, 2.24) is 0 Å². The van der Waals surface area contributed by atoms with Gasteiger partial charge in [-0.25, -0.2) is 4.79 Å². The molecule has 0 saturated heterocycles. The monoisotopic (exact) mass is 435 g/mol. The fraction of sp³-hybridized carbons (Fsp3) is 0.536. The minimum absolute atomic E-state index is 0.351. The fourth-order valence-corrected chi connectivity index (χ4v) is 6.40. The molecule has 32 heavy (non-hydrogen) atoms. The van der Waals surface area contributed by atoms with Gasteiger partial charge < -0.3 is 9.47 Å². The number of nitrogens with one attached hydrogen (secondary N) is 1. The van der Waals surface area contributed by atoms with Crippen LogP contribution in [0.2, 0.25) is 0 Å². The third-order valence-corrected chi connectivity index (χ3v) is 8.03. The van der Waals surface area contributed by atoms with Crippen LogP contribution in [0.25, 0.3) is 5.57 Å². The molecule has 0 bridgehead atoms. The van der Waals surface area contributed by atoms with Gasteiger partial charge in [0.05, 0.1) is 13.7 Å². The van der Waals surface area contributed by atoms with Crippen LogP contribution in [0.3, 0.4) is 0 Å². The van der Waals surface area contributed by atoms with E-state index in [0.717, 1.165) is 29.3 Å². The molecule has 3 aliphatic carbocycles. The zero-order valence-electron chi connectivity index (χ0n) is 19.6. The number of ether oxygens (including phenoxy) is 2. The molecule has 3 aliphatic rings. The van der Waals surface area contributed by atoms with Crippen LogP contribution in [0.5, 0.6) is 0 Å². The number of methoxy groups -OCH3 is 1. The average molecular weight is 436 g/mol. The van der Waals surface area contributed by atoms with Gasteiger partial charge in [0.15, 0.2) is 0 Å². The molecule has 4 nitrogen and oxygen atoms in total. The summed E-state index contributed by atoms with van der Waals surface area (Å²) in [6.07, 6.45) is 16.8. The third kappa shape index (κ3) is 4.65. The first-order valence-corrected chi connectivity index (χ1v) is 12.2. The SMILES string of the molecule is C=C(CC[C@@]12CCCCC1CCC1C=CC(OC)=CC12)c1ccc(NC(=O)OCC)cc1. The predicted octanol–water partition coefficient (Wildman–Crippen LogP) is 7.35. The molecule has 0 radical (unpaired) electrons. The van der Waals surface area contributed by atoms with Crippen molar-refractivity contribution >= 4 is 17.4 Å². The Hall–Kier alpha value is -2.49. The van der Waals surface area contributed by atoms with Gasteiger partial charge in [-0.3, -0.25) is 5.32 Å². The number of carbonyl (C=O) groups excluding carboxylic acids is 1. The van der Waals surface area contributed by atoms with Gasteiger partial charge in [-0.1, -0.05) is 37.6 Å². The van der Waals surface area contributed by atoms with Gasteiger partial charge in [0.25, 0.3) is 0 Å². The van der Waals surface area contributed by atoms with Gasteiger partial charge in [0.1, 0.15) is 5.76 Å². The molecule has 1 aromatic rings. The van der Waals surface area contributed by atoms with Crippen LogP contribution in [0, 0.1) is 23.2 Å². The van der Waals surface area contributed by atoms with E-state index in [1.165, 1.54) is 50.5 Å². The summed E-state index contributed by atoms with van der Waals surface area (Å²) in [5, 5.41) is 2.75. The quantitative estimate of drug-likeness (QED) is 0.487. The van der Waals surface area contributed by atoms with E-state index < -0.39 is 6.09 Å². The van der Waals surface area contributed by atoms with Crippen molar-refractivity contribution in [3.63, 3.8) is 0 Å². The Balaban J connectivity index is 1.46. The lowest BCUT2D eigenvalue weighted by Gasteiger charge is -2.55. The van der Waals surface area contributed by atoms with Gasteiger partial charge in [-0.15, -0.1) is 0 Å². The van der Waals surface area contributed by atoms with Crippen LogP contribution < -0.4 is 5.32 Å². The van der Waals surface area contributed by atoms with Gasteiger partial charge >= 0.3 is 6.09 Å². The smallest absolute Gasteiger partial charge is 0.411 e. The van der Waals surface area contributed by atoms with Crippen LogP contribution in [0.1, 0.15) is 63.9 Å². The molecular weight excluding hydrogens is 398 g/mol. The van der Waals surface area contributed by atoms with Crippen molar-refractivity contribution in [2.75, 3.05) is 19.0 Å². The Bertz CT molecular complexity index is 884. The number of amides is 1. The van der Waals surface area contributed by atoms with E-state index >= 15 is 0 Å². The van der Waals surface area contributed by atoms with Crippen molar-refractivity contribution in [2.45, 2.75) is 58.3 Å². The minimum Gasteiger partial charge on any atom is -0.497 e. The second-order valence-electron chi connectivity index (χ2n) is 9.60. The lowest BCUT2D eigenvalue weighted by molar-refractivity contribution is -0.0233. The summed E-state index contributed by atoms with van der Waals surface area (Å²) in [6, 6.07) is 7.95. The second-order valence-corrected chi connectivity index (χ2v) is 9.60. The molecule has 2 saturated carbocycles. The molecule has 0 heterocycles. The highest BCUT2D eigenvalue weighted by molar-refractivity contribution is 5.84. The first kappa shape index (κ1) is 22.7. The molecule has 1 N–H and O–H groups in total. The highest BCUT2D eigenvalue weighted by Gasteiger charge is 2.50. The van der Waals surface area contributed by atoms with Crippen molar-refractivity contribution in [3.8, 4) is 0 Å². The number of hydrogen-bond donors (Lipinski definition) is 1. The van der Waals surface area contributed by atoms with E-state index in [9.17, 15) is 4.79 Å². The molecule has 3 unspecified atom stereocenters. The average Bonchev–Trinajstić information content (AvgIpc) is 2.82. The molecule has 1 aromatic carbocycles. The molecule has 2 fully saturated rings. The lowest BCUT2D eigenvalue weighted by Crippen LogP contribution is -2.47. The zero-order valence-corrected chi connectivity index (χ0v) is 19.6. The Morgan fingerprint density at radius 1 is 1.19 bits per heavy atom. The van der Waals surface area contributed by atoms with E-state index in [2.05, 4.69) is 42.3 Å². The molecular formula is C28H37NO3. The number of carbonyl (C=O) groups is 1. The first-order chi connectivity index (χ1) is 15.6. The summed E-state index contributed by atoms with van der Waals surface area (Å²) in [6.45, 7) is 6.59. The topological polar surface area (TPSA) is 47.6 Å². The maximum absolute atomic E-state index is 11.6. The summed E-state index contributed by atoms with van der Waals surface area (Å²) in [5.41, 5.74) is 3.42. The Kier molecular flexibility index (Phi) is 7.07. The van der Waals surface area contributed by atoms with Crippen molar-refractivity contribution in [2.24, 2.45) is 23.2 Å². The maximum atomic E-state index is 11.6. The van der Waals surface area contributed by atoms with E-state index in [0.29, 0.717) is 23.9 Å². The summed E-state index contributed by atoms with van der Waals surface area (Å²) in [4.78, 5) is 11.6. The number of benzene rings is 1. The molecule has 4 atom stereocenters. The van der Waals surface area contributed by atoms with Crippen molar-refractivity contribution in [3.05, 3.63) is 60.4 Å². The van der Waals surface area contributed by atoms with E-state index in [1.54, 1.807) is 14.0 Å². The van der Waals surface area contributed by atoms with Gasteiger partial charge in [-0.2, -0.15) is 0 Å². The number of rotatable bonds is 7. The molecule has 0 spiro atoms. The maximum Gasteiger partial charge on any atom is 0.411 e. The number of anilines is 1. The number of fused-ring (bicyclic) bond motifs is 3. The van der Waals surface area contributed by atoms with Crippen molar-refractivity contribution in [1.29, 1.82) is 0 Å². The zero-order chi connectivity index (χ0) is 22.6. The van der Waals surface area contributed by atoms with Gasteiger partial charge in [0.2, 0.25) is 0 Å². The summed E-state index contributed by atoms with van der Waals surface area (Å²) >= 11 is 0. The van der Waals surface area contributed by atoms with Crippen LogP contribution in [0.15, 0.2) is 54.8 Å². The normalized spacial score (nSPS) is 28.7. The highest BCUT2D eigenvalue weighted by Crippen LogP contribution is 2.60. The van der Waals surface area contributed by atoms with E-state index in [1.807, 2.05) is 12.1 Å². The highest BCUT2D eigenvalue weighted by atomic mass is 16.5. The second kappa shape index (κ2) is 9.97. The van der Waals surface area contributed by atoms with Gasteiger partial charge in [0, 0.05) is 5.69 Å². The standard InChI is InChI=1S/C28H37NO3/c1-4-32-27(30)29-24-13-9-21(10-14-24)20(2)16-18-28-17-6-5-7-23(28)12-8-22-11-15-25(31-3)19-26(22)28/h9-11,13-15,19,22-23,26H,2,4-8,12,16-18H2,1,3H3,(H,29,30)/t22?,23?,26?,28-/m0/s1. The Labute approximate surface area is 192 Å². The van der Waals surface area contributed by atoms with Crippen LogP contribution in [-0.4, -0.2) is 19.8 Å². The molecule has 0 aliphatic heterocycles. The van der Waals surface area contributed by atoms with E-state index in [-0.39, 0.29) is 0 Å². The fourth-order valence-electron chi connectivity index (χ4n) is 6.40. The number of allylic oxidation sites excluding steroid dienone is 4. The molecule has 1 amide bonds. The largest absolute Gasteiger partial charge is 0.497 e. The third-order valence-electron chi connectivity index (χ3n) is 8.03. The molecule has 172 valence electrons.